The van der Waals surface area contributed by atoms with E-state index in [0.29, 0.717) is 35.4 Å². The van der Waals surface area contributed by atoms with Crippen LogP contribution in [0.15, 0.2) is 46.4 Å². The Bertz CT molecular complexity index is 1570. The standard InChI is InChI=1S/C22H24FN7O4S/c1-14-24-9-16(26-14)12-28-19-4-3-17(30(35(33)34)22(13-23)5-6-22)7-18(19)20(31)29(21(28)32)11-15-8-25-27(2)10-15/h3-4,7-10H,5-6,11-13H2,1-2H3,(H,24,26)(H,33,34)/p-1. The average Bonchev–Trinajstić information content (AvgIpc) is 3.31. The van der Waals surface area contributed by atoms with Gasteiger partial charge in [0.05, 0.1) is 47.6 Å². The van der Waals surface area contributed by atoms with Crippen molar-refractivity contribution in [1.82, 2.24) is 28.9 Å². The maximum atomic E-state index is 13.7. The number of imidazole rings is 1. The molecule has 1 aliphatic carbocycles. The topological polar surface area (TPSA) is 134 Å². The molecule has 1 unspecified atom stereocenters. The number of rotatable bonds is 8. The fourth-order valence-electron chi connectivity index (χ4n) is 4.34. The van der Waals surface area contributed by atoms with E-state index in [0.717, 1.165) is 8.87 Å². The number of nitrogens with zero attached hydrogens (tertiary/aromatic N) is 6. The van der Waals surface area contributed by atoms with Crippen molar-refractivity contribution in [2.75, 3.05) is 11.0 Å². The molecule has 3 heterocycles. The summed E-state index contributed by atoms with van der Waals surface area (Å²) in [6, 6.07) is 4.43. The predicted molar refractivity (Wildman–Crippen MR) is 127 cm³/mol. The number of H-pyrrole nitrogens is 1. The Labute approximate surface area is 201 Å². The first kappa shape index (κ1) is 23.2. The van der Waals surface area contributed by atoms with Crippen molar-refractivity contribution in [3.05, 3.63) is 74.7 Å². The summed E-state index contributed by atoms with van der Waals surface area (Å²) in [6.07, 6.45) is 5.66. The van der Waals surface area contributed by atoms with Crippen LogP contribution >= 0.6 is 0 Å². The van der Waals surface area contributed by atoms with Crippen molar-refractivity contribution in [3.8, 4) is 0 Å². The SMILES string of the molecule is Cc1ncc(Cn2c(=O)n(Cc3cnn(C)c3)c(=O)c3cc(N(S(=O)[O-])C4(CF)CC4)ccc32)[nH]1. The van der Waals surface area contributed by atoms with E-state index in [2.05, 4.69) is 15.1 Å². The number of hydrogen-bond acceptors (Lipinski definition) is 6. The average molecular weight is 501 g/mol. The van der Waals surface area contributed by atoms with Gasteiger partial charge in [-0.05, 0) is 38.0 Å². The molecular weight excluding hydrogens is 477 g/mol. The van der Waals surface area contributed by atoms with Gasteiger partial charge in [0.15, 0.2) is 0 Å². The zero-order valence-corrected chi connectivity index (χ0v) is 19.9. The molecule has 184 valence electrons. The molecule has 0 aliphatic heterocycles. The van der Waals surface area contributed by atoms with Gasteiger partial charge >= 0.3 is 5.69 Å². The van der Waals surface area contributed by atoms with E-state index >= 15 is 0 Å². The van der Waals surface area contributed by atoms with E-state index in [4.69, 9.17) is 0 Å². The molecule has 0 amide bonds. The Hall–Kier alpha value is -3.58. The first-order valence-electron chi connectivity index (χ1n) is 10.9. The summed E-state index contributed by atoms with van der Waals surface area (Å²) in [4.78, 5) is 34.2. The van der Waals surface area contributed by atoms with Gasteiger partial charge in [0.2, 0.25) is 0 Å². The molecule has 4 aromatic rings. The van der Waals surface area contributed by atoms with Crippen LogP contribution in [-0.4, -0.2) is 49.9 Å². The fraction of sp³-hybridized carbons (Fsp3) is 0.364. The van der Waals surface area contributed by atoms with Gasteiger partial charge in [-0.25, -0.2) is 14.2 Å². The summed E-state index contributed by atoms with van der Waals surface area (Å²) in [6.45, 7) is 1.06. The minimum absolute atomic E-state index is 0.0146. The highest BCUT2D eigenvalue weighted by atomic mass is 32.2. The summed E-state index contributed by atoms with van der Waals surface area (Å²) in [5.41, 5.74) is -0.404. The predicted octanol–water partition coefficient (Wildman–Crippen LogP) is 1.13. The Kier molecular flexibility index (Phi) is 5.68. The van der Waals surface area contributed by atoms with Gasteiger partial charge in [0.25, 0.3) is 5.56 Å². The molecule has 1 fully saturated rings. The van der Waals surface area contributed by atoms with Gasteiger partial charge < -0.3 is 9.54 Å². The second kappa shape index (κ2) is 8.57. The molecule has 5 rings (SSSR count). The van der Waals surface area contributed by atoms with Crippen LogP contribution in [-0.2, 0) is 31.4 Å². The molecule has 1 aliphatic rings. The van der Waals surface area contributed by atoms with E-state index in [9.17, 15) is 22.7 Å². The van der Waals surface area contributed by atoms with Crippen molar-refractivity contribution in [1.29, 1.82) is 0 Å². The van der Waals surface area contributed by atoms with E-state index in [-0.39, 0.29) is 24.2 Å². The number of benzene rings is 1. The van der Waals surface area contributed by atoms with Crippen LogP contribution in [0.5, 0.6) is 0 Å². The first-order chi connectivity index (χ1) is 16.7. The van der Waals surface area contributed by atoms with Crippen LogP contribution in [0.25, 0.3) is 10.9 Å². The first-order valence-corrected chi connectivity index (χ1v) is 12.0. The van der Waals surface area contributed by atoms with Gasteiger partial charge in [0, 0.05) is 35.8 Å². The van der Waals surface area contributed by atoms with Crippen LogP contribution in [0.2, 0.25) is 0 Å². The number of alkyl halides is 1. The highest BCUT2D eigenvalue weighted by Crippen LogP contribution is 2.45. The summed E-state index contributed by atoms with van der Waals surface area (Å²) < 4.78 is 42.9. The third-order valence-electron chi connectivity index (χ3n) is 6.28. The van der Waals surface area contributed by atoms with E-state index in [1.54, 1.807) is 37.2 Å². The summed E-state index contributed by atoms with van der Waals surface area (Å²) >= 11 is -2.74. The monoisotopic (exact) mass is 500 g/mol. The number of aromatic nitrogens is 6. The third kappa shape index (κ3) is 4.10. The maximum absolute atomic E-state index is 13.7. The smallest absolute Gasteiger partial charge is 0.332 e. The molecule has 11 nitrogen and oxygen atoms in total. The van der Waals surface area contributed by atoms with Gasteiger partial charge in [0.1, 0.15) is 12.5 Å². The Balaban J connectivity index is 1.71. The molecule has 1 N–H and O–H groups in total. The molecule has 0 spiro atoms. The number of fused-ring (bicyclic) bond motifs is 1. The molecule has 0 radical (unpaired) electrons. The largest absolute Gasteiger partial charge is 0.755 e. The van der Waals surface area contributed by atoms with Crippen molar-refractivity contribution < 1.29 is 13.2 Å². The Morgan fingerprint density at radius 2 is 2.00 bits per heavy atom. The van der Waals surface area contributed by atoms with Gasteiger partial charge in [-0.2, -0.15) is 5.10 Å². The molecule has 1 saturated carbocycles. The normalized spacial score (nSPS) is 15.4. The minimum Gasteiger partial charge on any atom is -0.755 e. The highest BCUT2D eigenvalue weighted by molar-refractivity contribution is 7.80. The second-order valence-electron chi connectivity index (χ2n) is 8.85. The van der Waals surface area contributed by atoms with Gasteiger partial charge in [-0.15, -0.1) is 0 Å². The number of aromatic amines is 1. The molecule has 3 aromatic heterocycles. The molecular formula is C22H23FN7O4S-. The fourth-order valence-corrected chi connectivity index (χ4v) is 5.18. The molecule has 1 aromatic carbocycles. The number of halogens is 1. The molecule has 13 heteroatoms. The lowest BCUT2D eigenvalue weighted by atomic mass is 10.2. The lowest BCUT2D eigenvalue weighted by Gasteiger charge is -2.33. The lowest BCUT2D eigenvalue weighted by Crippen LogP contribution is -2.42. The van der Waals surface area contributed by atoms with Gasteiger partial charge in [-0.3, -0.25) is 27.1 Å². The van der Waals surface area contributed by atoms with E-state index in [1.807, 2.05) is 0 Å². The quantitative estimate of drug-likeness (QED) is 0.361. The molecule has 1 atom stereocenters. The molecule has 0 saturated heterocycles. The maximum Gasteiger partial charge on any atom is 0.332 e. The van der Waals surface area contributed by atoms with Crippen LogP contribution in [0.1, 0.15) is 29.9 Å². The number of nitrogens with one attached hydrogen (secondary N) is 1. The van der Waals surface area contributed by atoms with Gasteiger partial charge in [-0.1, -0.05) is 0 Å². The van der Waals surface area contributed by atoms with Crippen LogP contribution < -0.4 is 15.6 Å². The second-order valence-corrected chi connectivity index (χ2v) is 9.65. The Morgan fingerprint density at radius 1 is 1.23 bits per heavy atom. The van der Waals surface area contributed by atoms with E-state index < -0.39 is 34.7 Å². The summed E-state index contributed by atoms with van der Waals surface area (Å²) in [7, 11) is 1.73. The van der Waals surface area contributed by atoms with Crippen molar-refractivity contribution in [3.63, 3.8) is 0 Å². The van der Waals surface area contributed by atoms with Crippen LogP contribution in [0.3, 0.4) is 0 Å². The third-order valence-corrected chi connectivity index (χ3v) is 7.18. The highest BCUT2D eigenvalue weighted by Gasteiger charge is 2.49. The zero-order valence-electron chi connectivity index (χ0n) is 19.1. The Morgan fingerprint density at radius 3 is 2.57 bits per heavy atom. The van der Waals surface area contributed by atoms with Crippen molar-refractivity contribution in [2.45, 2.75) is 38.4 Å². The molecule has 0 bridgehead atoms. The minimum atomic E-state index is -2.74. The number of hydrogen-bond donors (Lipinski definition) is 1. The summed E-state index contributed by atoms with van der Waals surface area (Å²) in [5.74, 6) is 0.679. The summed E-state index contributed by atoms with van der Waals surface area (Å²) in [5, 5.41) is 4.24. The molecule has 35 heavy (non-hydrogen) atoms. The zero-order chi connectivity index (χ0) is 24.9. The van der Waals surface area contributed by atoms with Crippen molar-refractivity contribution in [2.24, 2.45) is 7.05 Å². The van der Waals surface area contributed by atoms with Crippen molar-refractivity contribution >= 4 is 27.9 Å². The van der Waals surface area contributed by atoms with Crippen LogP contribution in [0.4, 0.5) is 10.1 Å². The lowest BCUT2D eigenvalue weighted by molar-refractivity contribution is 0.411. The number of aryl methyl sites for hydroxylation is 2. The van der Waals surface area contributed by atoms with E-state index in [1.165, 1.54) is 22.8 Å². The van der Waals surface area contributed by atoms with Crippen LogP contribution in [0, 0.1) is 6.92 Å². The number of anilines is 1.